The summed E-state index contributed by atoms with van der Waals surface area (Å²) >= 11 is 6.24. The molecule has 0 radical (unpaired) electrons. The molecule has 0 unspecified atom stereocenters. The van der Waals surface area contributed by atoms with E-state index < -0.39 is 0 Å². The van der Waals surface area contributed by atoms with Crippen LogP contribution in [0.4, 0.5) is 5.69 Å². The molecule has 3 aliphatic heterocycles. The van der Waals surface area contributed by atoms with Crippen LogP contribution in [-0.2, 0) is 6.54 Å². The fourth-order valence-electron chi connectivity index (χ4n) is 4.35. The van der Waals surface area contributed by atoms with Gasteiger partial charge in [0.1, 0.15) is 17.3 Å². The average molecular weight is 448 g/mol. The van der Waals surface area contributed by atoms with E-state index in [0.717, 1.165) is 72.8 Å². The van der Waals surface area contributed by atoms with Gasteiger partial charge in [0.05, 0.1) is 5.56 Å². The highest BCUT2D eigenvalue weighted by Gasteiger charge is 2.26. The van der Waals surface area contributed by atoms with Gasteiger partial charge in [-0.2, -0.15) is 0 Å². The quantitative estimate of drug-likeness (QED) is 0.548. The number of nitrogens with zero attached hydrogens (tertiary/aromatic N) is 3. The van der Waals surface area contributed by atoms with Gasteiger partial charge in [0.15, 0.2) is 17.2 Å². The van der Waals surface area contributed by atoms with Crippen molar-refractivity contribution in [3.63, 3.8) is 0 Å². The first-order chi connectivity index (χ1) is 15.7. The molecule has 0 atom stereocenters. The first-order valence-corrected chi connectivity index (χ1v) is 11.1. The van der Waals surface area contributed by atoms with Gasteiger partial charge in [0.2, 0.25) is 6.79 Å². The van der Waals surface area contributed by atoms with Crippen molar-refractivity contribution in [2.24, 2.45) is 4.99 Å². The van der Waals surface area contributed by atoms with Crippen LogP contribution in [0, 0.1) is 0 Å². The Bertz CT molecular complexity index is 1200. The van der Waals surface area contributed by atoms with Gasteiger partial charge in [-0.15, -0.1) is 0 Å². The maximum Gasteiger partial charge on any atom is 0.231 e. The number of hydrogen-bond donors (Lipinski definition) is 0. The minimum absolute atomic E-state index is 0.305. The van der Waals surface area contributed by atoms with E-state index >= 15 is 0 Å². The Morgan fingerprint density at radius 3 is 2.53 bits per heavy atom. The number of aliphatic imine (C=N–C) groups is 1. The topological polar surface area (TPSA) is 46.5 Å². The van der Waals surface area contributed by atoms with Gasteiger partial charge in [-0.3, -0.25) is 4.90 Å². The number of piperazine rings is 1. The molecule has 3 heterocycles. The summed E-state index contributed by atoms with van der Waals surface area (Å²) in [6, 6.07) is 19.8. The van der Waals surface area contributed by atoms with E-state index in [-0.39, 0.29) is 0 Å². The summed E-state index contributed by atoms with van der Waals surface area (Å²) in [7, 11) is 0. The van der Waals surface area contributed by atoms with Crippen LogP contribution in [0.2, 0.25) is 5.02 Å². The number of rotatable bonds is 2. The summed E-state index contributed by atoms with van der Waals surface area (Å²) in [5.41, 5.74) is 2.99. The van der Waals surface area contributed by atoms with Gasteiger partial charge in [0, 0.05) is 37.7 Å². The lowest BCUT2D eigenvalue weighted by molar-refractivity contribution is 0.172. The Kier molecular flexibility index (Phi) is 4.89. The smallest absolute Gasteiger partial charge is 0.231 e. The van der Waals surface area contributed by atoms with Gasteiger partial charge in [-0.1, -0.05) is 29.8 Å². The molecule has 1 fully saturated rings. The minimum atomic E-state index is 0.305. The van der Waals surface area contributed by atoms with Crippen molar-refractivity contribution in [3.8, 4) is 23.0 Å². The molecule has 162 valence electrons. The molecular formula is C25H22ClN3O3. The standard InChI is InChI=1S/C25H22ClN3O3/c26-18-6-8-22-20(14-18)27-25(19-3-1-2-4-21(19)32-22)29-11-9-28(10-12-29)15-17-5-7-23-24(13-17)31-16-30-23/h1-8,13-14H,9-12,15-16H2. The largest absolute Gasteiger partial charge is 0.454 e. The van der Waals surface area contributed by atoms with Gasteiger partial charge >= 0.3 is 0 Å². The molecule has 3 aromatic rings. The van der Waals surface area contributed by atoms with Crippen LogP contribution < -0.4 is 14.2 Å². The molecule has 0 amide bonds. The summed E-state index contributed by atoms with van der Waals surface area (Å²) < 4.78 is 17.1. The van der Waals surface area contributed by atoms with Crippen molar-refractivity contribution >= 4 is 23.1 Å². The molecule has 32 heavy (non-hydrogen) atoms. The Labute approximate surface area is 191 Å². The predicted molar refractivity (Wildman–Crippen MR) is 124 cm³/mol. The molecule has 0 saturated carbocycles. The van der Waals surface area contributed by atoms with E-state index in [4.69, 9.17) is 30.8 Å². The minimum Gasteiger partial charge on any atom is -0.454 e. The third-order valence-corrected chi connectivity index (χ3v) is 6.25. The van der Waals surface area contributed by atoms with Crippen LogP contribution in [-0.4, -0.2) is 48.6 Å². The van der Waals surface area contributed by atoms with Crippen LogP contribution in [0.25, 0.3) is 0 Å². The van der Waals surface area contributed by atoms with Crippen LogP contribution >= 0.6 is 11.6 Å². The summed E-state index contributed by atoms with van der Waals surface area (Å²) in [5, 5.41) is 0.648. The molecule has 0 aliphatic carbocycles. The molecule has 1 saturated heterocycles. The fraction of sp³-hybridized carbons (Fsp3) is 0.240. The van der Waals surface area contributed by atoms with E-state index in [1.54, 1.807) is 0 Å². The maximum absolute atomic E-state index is 6.24. The van der Waals surface area contributed by atoms with Crippen molar-refractivity contribution in [3.05, 3.63) is 76.8 Å². The van der Waals surface area contributed by atoms with Gasteiger partial charge in [-0.05, 0) is 48.0 Å². The second kappa shape index (κ2) is 8.04. The first kappa shape index (κ1) is 19.5. The van der Waals surface area contributed by atoms with Gasteiger partial charge in [0.25, 0.3) is 0 Å². The number of para-hydroxylation sites is 1. The number of benzene rings is 3. The number of hydrogen-bond acceptors (Lipinski definition) is 6. The van der Waals surface area contributed by atoms with Crippen molar-refractivity contribution in [2.45, 2.75) is 6.54 Å². The van der Waals surface area contributed by atoms with E-state index in [1.807, 2.05) is 42.5 Å². The van der Waals surface area contributed by atoms with E-state index in [0.29, 0.717) is 11.8 Å². The van der Waals surface area contributed by atoms with E-state index in [1.165, 1.54) is 5.56 Å². The Morgan fingerprint density at radius 1 is 0.812 bits per heavy atom. The second-order valence-corrected chi connectivity index (χ2v) is 8.53. The maximum atomic E-state index is 6.24. The van der Waals surface area contributed by atoms with E-state index in [2.05, 4.69) is 28.0 Å². The monoisotopic (exact) mass is 447 g/mol. The summed E-state index contributed by atoms with van der Waals surface area (Å²) in [6.45, 7) is 4.84. The highest BCUT2D eigenvalue weighted by atomic mass is 35.5. The van der Waals surface area contributed by atoms with Gasteiger partial charge in [-0.25, -0.2) is 4.99 Å². The zero-order valence-corrected chi connectivity index (χ0v) is 18.2. The SMILES string of the molecule is Clc1ccc2c(c1)N=C(N1CCN(Cc3ccc4c(c3)OCO4)CC1)c1ccccc1O2. The number of ether oxygens (including phenoxy) is 3. The Balaban J connectivity index is 1.22. The third kappa shape index (κ3) is 3.66. The number of fused-ring (bicyclic) bond motifs is 3. The molecular weight excluding hydrogens is 426 g/mol. The molecule has 3 aromatic carbocycles. The molecule has 0 spiro atoms. The lowest BCUT2D eigenvalue weighted by atomic mass is 10.1. The summed E-state index contributed by atoms with van der Waals surface area (Å²) in [4.78, 5) is 9.80. The van der Waals surface area contributed by atoms with Crippen molar-refractivity contribution < 1.29 is 14.2 Å². The molecule has 6 rings (SSSR count). The predicted octanol–water partition coefficient (Wildman–Crippen LogP) is 5.07. The highest BCUT2D eigenvalue weighted by Crippen LogP contribution is 2.39. The third-order valence-electron chi connectivity index (χ3n) is 6.01. The Morgan fingerprint density at radius 2 is 1.62 bits per heavy atom. The van der Waals surface area contributed by atoms with Crippen LogP contribution in [0.1, 0.15) is 11.1 Å². The van der Waals surface area contributed by atoms with Crippen molar-refractivity contribution in [1.82, 2.24) is 9.80 Å². The van der Waals surface area contributed by atoms with Gasteiger partial charge < -0.3 is 19.1 Å². The molecule has 0 N–H and O–H groups in total. The number of halogens is 1. The molecule has 0 bridgehead atoms. The average Bonchev–Trinajstić information content (AvgIpc) is 3.21. The summed E-state index contributed by atoms with van der Waals surface area (Å²) in [5.74, 6) is 4.13. The summed E-state index contributed by atoms with van der Waals surface area (Å²) in [6.07, 6.45) is 0. The van der Waals surface area contributed by atoms with Crippen LogP contribution in [0.15, 0.2) is 65.7 Å². The lowest BCUT2D eigenvalue weighted by Gasteiger charge is -2.36. The second-order valence-electron chi connectivity index (χ2n) is 8.10. The van der Waals surface area contributed by atoms with Crippen LogP contribution in [0.3, 0.4) is 0 Å². The zero-order chi connectivity index (χ0) is 21.5. The highest BCUT2D eigenvalue weighted by molar-refractivity contribution is 6.31. The lowest BCUT2D eigenvalue weighted by Crippen LogP contribution is -2.48. The van der Waals surface area contributed by atoms with Crippen molar-refractivity contribution in [1.29, 1.82) is 0 Å². The number of amidine groups is 1. The fourth-order valence-corrected chi connectivity index (χ4v) is 4.52. The molecule has 0 aromatic heterocycles. The van der Waals surface area contributed by atoms with E-state index in [9.17, 15) is 0 Å². The Hall–Kier alpha value is -3.22. The first-order valence-electron chi connectivity index (χ1n) is 10.7. The zero-order valence-electron chi connectivity index (χ0n) is 17.5. The van der Waals surface area contributed by atoms with Crippen LogP contribution in [0.5, 0.6) is 23.0 Å². The van der Waals surface area contributed by atoms with Crippen molar-refractivity contribution in [2.75, 3.05) is 33.0 Å². The molecule has 6 nitrogen and oxygen atoms in total. The molecule has 7 heteroatoms. The molecule has 3 aliphatic rings. The normalized spacial score (nSPS) is 17.2.